The van der Waals surface area contributed by atoms with E-state index >= 15 is 0 Å². The van der Waals surface area contributed by atoms with E-state index in [4.69, 9.17) is 0 Å². The van der Waals surface area contributed by atoms with Crippen LogP contribution in [0.1, 0.15) is 43.2 Å². The van der Waals surface area contributed by atoms with Gasteiger partial charge in [0, 0.05) is 44.4 Å². The van der Waals surface area contributed by atoms with Crippen molar-refractivity contribution in [1.82, 2.24) is 15.5 Å². The Labute approximate surface area is 161 Å². The Balaban J connectivity index is 1.50. The van der Waals surface area contributed by atoms with Crippen LogP contribution in [0.2, 0.25) is 0 Å². The molecule has 1 aliphatic carbocycles. The number of thioether (sulfide) groups is 1. The van der Waals surface area contributed by atoms with Gasteiger partial charge in [0.1, 0.15) is 0 Å². The van der Waals surface area contributed by atoms with E-state index in [-0.39, 0.29) is 5.91 Å². The minimum atomic E-state index is 0.276. The zero-order valence-electron chi connectivity index (χ0n) is 15.8. The van der Waals surface area contributed by atoms with Crippen molar-refractivity contribution in [3.05, 3.63) is 35.4 Å². The van der Waals surface area contributed by atoms with Crippen molar-refractivity contribution < 1.29 is 4.79 Å². The van der Waals surface area contributed by atoms with Crippen LogP contribution in [-0.4, -0.2) is 47.9 Å². The van der Waals surface area contributed by atoms with Crippen LogP contribution < -0.4 is 10.6 Å². The highest BCUT2D eigenvalue weighted by atomic mass is 32.2. The maximum atomic E-state index is 11.8. The lowest BCUT2D eigenvalue weighted by Crippen LogP contribution is -2.42. The standard InChI is InChI=1S/C20H30N4OS/c1-21-20(23-17-8-9-18(12-17)26-2)22-13-15-5-3-6-16(11-15)14-24-10-4-7-19(24)25/h3,5-6,11,17-18H,4,7-10,12-14H2,1-2H3,(H2,21,22,23). The number of amides is 1. The number of likely N-dealkylation sites (tertiary alicyclic amines) is 1. The van der Waals surface area contributed by atoms with Gasteiger partial charge in [-0.05, 0) is 43.1 Å². The number of nitrogens with zero attached hydrogens (tertiary/aromatic N) is 2. The summed E-state index contributed by atoms with van der Waals surface area (Å²) in [6, 6.07) is 9.00. The van der Waals surface area contributed by atoms with Crippen molar-refractivity contribution in [3.63, 3.8) is 0 Å². The number of aliphatic imine (C=N–C) groups is 1. The molecule has 2 unspecified atom stereocenters. The minimum absolute atomic E-state index is 0.276. The lowest BCUT2D eigenvalue weighted by molar-refractivity contribution is -0.128. The largest absolute Gasteiger partial charge is 0.354 e. The van der Waals surface area contributed by atoms with Crippen LogP contribution in [0.4, 0.5) is 0 Å². The third kappa shape index (κ3) is 5.16. The van der Waals surface area contributed by atoms with Gasteiger partial charge in [0.15, 0.2) is 5.96 Å². The van der Waals surface area contributed by atoms with Gasteiger partial charge in [-0.25, -0.2) is 0 Å². The Morgan fingerprint density at radius 1 is 1.35 bits per heavy atom. The summed E-state index contributed by atoms with van der Waals surface area (Å²) in [5, 5.41) is 7.75. The Morgan fingerprint density at radius 3 is 2.88 bits per heavy atom. The smallest absolute Gasteiger partial charge is 0.222 e. The summed E-state index contributed by atoms with van der Waals surface area (Å²) in [6.45, 7) is 2.34. The van der Waals surface area contributed by atoms with E-state index in [2.05, 4.69) is 46.1 Å². The Kier molecular flexibility index (Phi) is 6.83. The van der Waals surface area contributed by atoms with Crippen LogP contribution >= 0.6 is 11.8 Å². The summed E-state index contributed by atoms with van der Waals surface area (Å²) in [5.74, 6) is 1.15. The third-order valence-corrected chi connectivity index (χ3v) is 6.37. The highest BCUT2D eigenvalue weighted by Crippen LogP contribution is 2.28. The normalized spacial score (nSPS) is 23.5. The fourth-order valence-electron chi connectivity index (χ4n) is 3.79. The molecule has 0 radical (unpaired) electrons. The summed E-state index contributed by atoms with van der Waals surface area (Å²) in [4.78, 5) is 18.1. The lowest BCUT2D eigenvalue weighted by atomic mass is 10.1. The number of carbonyl (C=O) groups excluding carboxylic acids is 1. The molecule has 1 aromatic rings. The van der Waals surface area contributed by atoms with Crippen LogP contribution in [0.5, 0.6) is 0 Å². The molecule has 26 heavy (non-hydrogen) atoms. The minimum Gasteiger partial charge on any atom is -0.354 e. The average Bonchev–Trinajstić information content (AvgIpc) is 3.28. The van der Waals surface area contributed by atoms with Gasteiger partial charge in [0.25, 0.3) is 0 Å². The molecule has 1 saturated carbocycles. The first kappa shape index (κ1) is 19.1. The monoisotopic (exact) mass is 374 g/mol. The molecule has 2 atom stereocenters. The topological polar surface area (TPSA) is 56.7 Å². The molecule has 6 heteroatoms. The van der Waals surface area contributed by atoms with Gasteiger partial charge in [0.05, 0.1) is 0 Å². The molecule has 1 amide bonds. The summed E-state index contributed by atoms with van der Waals surface area (Å²) < 4.78 is 0. The molecule has 2 fully saturated rings. The van der Waals surface area contributed by atoms with Crippen molar-refractivity contribution in [2.75, 3.05) is 19.8 Å². The molecule has 1 heterocycles. The van der Waals surface area contributed by atoms with E-state index in [1.54, 1.807) is 0 Å². The highest BCUT2D eigenvalue weighted by molar-refractivity contribution is 7.99. The molecule has 1 aliphatic heterocycles. The fraction of sp³-hybridized carbons (Fsp3) is 0.600. The van der Waals surface area contributed by atoms with Gasteiger partial charge in [-0.2, -0.15) is 11.8 Å². The highest BCUT2D eigenvalue weighted by Gasteiger charge is 2.24. The van der Waals surface area contributed by atoms with Gasteiger partial charge in [-0.3, -0.25) is 9.79 Å². The van der Waals surface area contributed by atoms with Crippen molar-refractivity contribution in [2.24, 2.45) is 4.99 Å². The van der Waals surface area contributed by atoms with E-state index in [0.717, 1.165) is 37.3 Å². The maximum Gasteiger partial charge on any atom is 0.222 e. The average molecular weight is 375 g/mol. The van der Waals surface area contributed by atoms with Crippen molar-refractivity contribution >= 4 is 23.6 Å². The number of carbonyl (C=O) groups is 1. The van der Waals surface area contributed by atoms with E-state index in [9.17, 15) is 4.79 Å². The van der Waals surface area contributed by atoms with Crippen LogP contribution in [0, 0.1) is 0 Å². The quantitative estimate of drug-likeness (QED) is 0.594. The van der Waals surface area contributed by atoms with E-state index in [1.807, 2.05) is 23.7 Å². The zero-order chi connectivity index (χ0) is 18.4. The maximum absolute atomic E-state index is 11.8. The molecule has 0 spiro atoms. The molecule has 2 N–H and O–H groups in total. The van der Waals surface area contributed by atoms with Gasteiger partial charge in [0.2, 0.25) is 5.91 Å². The number of nitrogens with one attached hydrogen (secondary N) is 2. The summed E-state index contributed by atoms with van der Waals surface area (Å²) in [5.41, 5.74) is 2.41. The first-order valence-electron chi connectivity index (χ1n) is 9.53. The molecule has 3 rings (SSSR count). The number of hydrogen-bond donors (Lipinski definition) is 2. The molecule has 1 saturated heterocycles. The van der Waals surface area contributed by atoms with Crippen LogP contribution in [0.15, 0.2) is 29.3 Å². The predicted octanol–water partition coefficient (Wildman–Crippen LogP) is 2.76. The molecular weight excluding hydrogens is 344 g/mol. The van der Waals surface area contributed by atoms with E-state index < -0.39 is 0 Å². The van der Waals surface area contributed by atoms with Gasteiger partial charge < -0.3 is 15.5 Å². The second-order valence-electron chi connectivity index (χ2n) is 7.18. The van der Waals surface area contributed by atoms with Gasteiger partial charge >= 0.3 is 0 Å². The number of benzene rings is 1. The number of guanidine groups is 1. The molecule has 0 bridgehead atoms. The zero-order valence-corrected chi connectivity index (χ0v) is 16.6. The lowest BCUT2D eigenvalue weighted by Gasteiger charge is -2.18. The summed E-state index contributed by atoms with van der Waals surface area (Å²) in [7, 11) is 1.83. The molecule has 0 aromatic heterocycles. The van der Waals surface area contributed by atoms with Crippen LogP contribution in [0.3, 0.4) is 0 Å². The Bertz CT molecular complexity index is 648. The third-order valence-electron chi connectivity index (χ3n) is 5.28. The van der Waals surface area contributed by atoms with Gasteiger partial charge in [-0.15, -0.1) is 0 Å². The molecular formula is C20H30N4OS. The molecule has 2 aliphatic rings. The Morgan fingerprint density at radius 2 is 2.19 bits per heavy atom. The van der Waals surface area contributed by atoms with Crippen LogP contribution in [0.25, 0.3) is 0 Å². The fourth-order valence-corrected chi connectivity index (χ4v) is 4.59. The number of rotatable bonds is 6. The van der Waals surface area contributed by atoms with Gasteiger partial charge in [-0.1, -0.05) is 24.3 Å². The molecule has 1 aromatic carbocycles. The summed E-state index contributed by atoms with van der Waals surface area (Å²) >= 11 is 1.97. The van der Waals surface area contributed by atoms with Crippen molar-refractivity contribution in [3.8, 4) is 0 Å². The SMILES string of the molecule is CN=C(NCc1cccc(CN2CCCC2=O)c1)NC1CCC(SC)C1. The first-order chi connectivity index (χ1) is 12.7. The van der Waals surface area contributed by atoms with E-state index in [1.165, 1.54) is 30.4 Å². The molecule has 5 nitrogen and oxygen atoms in total. The predicted molar refractivity (Wildman–Crippen MR) is 109 cm³/mol. The van der Waals surface area contributed by atoms with Crippen molar-refractivity contribution in [2.45, 2.75) is 56.5 Å². The first-order valence-corrected chi connectivity index (χ1v) is 10.8. The van der Waals surface area contributed by atoms with Crippen LogP contribution in [-0.2, 0) is 17.9 Å². The second kappa shape index (κ2) is 9.31. The molecule has 142 valence electrons. The summed E-state index contributed by atoms with van der Waals surface area (Å²) in [6.07, 6.45) is 7.59. The number of hydrogen-bond acceptors (Lipinski definition) is 3. The Hall–Kier alpha value is -1.69. The second-order valence-corrected chi connectivity index (χ2v) is 8.31. The van der Waals surface area contributed by atoms with E-state index in [0.29, 0.717) is 12.5 Å². The van der Waals surface area contributed by atoms with Crippen molar-refractivity contribution in [1.29, 1.82) is 0 Å².